The Morgan fingerprint density at radius 2 is 2.05 bits per heavy atom. The molecule has 0 saturated carbocycles. The van der Waals surface area contributed by atoms with E-state index >= 15 is 0 Å². The standard InChI is InChI=1S/C14H16N2O3/c1-18-14(17)10-19-13-6-4-11(5-7-13)16-9-12-3-2-8-15-12/h2-8,15-16H,9-10H2,1H3. The van der Waals surface area contributed by atoms with E-state index < -0.39 is 5.97 Å². The van der Waals surface area contributed by atoms with Crippen LogP contribution in [0.3, 0.4) is 0 Å². The van der Waals surface area contributed by atoms with Crippen LogP contribution < -0.4 is 10.1 Å². The Hall–Kier alpha value is -2.43. The Morgan fingerprint density at radius 1 is 1.26 bits per heavy atom. The normalized spacial score (nSPS) is 9.95. The van der Waals surface area contributed by atoms with Gasteiger partial charge >= 0.3 is 5.97 Å². The van der Waals surface area contributed by atoms with Crippen molar-refractivity contribution in [3.8, 4) is 5.75 Å². The maximum absolute atomic E-state index is 10.9. The van der Waals surface area contributed by atoms with Gasteiger partial charge in [0.15, 0.2) is 6.61 Å². The van der Waals surface area contributed by atoms with Gasteiger partial charge in [-0.1, -0.05) is 0 Å². The number of anilines is 1. The summed E-state index contributed by atoms with van der Waals surface area (Å²) in [4.78, 5) is 14.0. The molecule has 0 unspecified atom stereocenters. The fourth-order valence-electron chi connectivity index (χ4n) is 1.54. The third-order valence-corrected chi connectivity index (χ3v) is 2.58. The lowest BCUT2D eigenvalue weighted by molar-refractivity contribution is -0.142. The zero-order valence-electron chi connectivity index (χ0n) is 10.7. The third kappa shape index (κ3) is 4.06. The Morgan fingerprint density at radius 3 is 2.68 bits per heavy atom. The van der Waals surface area contributed by atoms with Crippen molar-refractivity contribution >= 4 is 11.7 Å². The first-order valence-corrected chi connectivity index (χ1v) is 5.94. The van der Waals surface area contributed by atoms with Crippen LogP contribution in [0.25, 0.3) is 0 Å². The average Bonchev–Trinajstić information content (AvgIpc) is 2.97. The first-order chi connectivity index (χ1) is 9.28. The van der Waals surface area contributed by atoms with Crippen molar-refractivity contribution in [2.75, 3.05) is 19.0 Å². The van der Waals surface area contributed by atoms with Crippen molar-refractivity contribution in [1.82, 2.24) is 4.98 Å². The van der Waals surface area contributed by atoms with Gasteiger partial charge in [0.25, 0.3) is 0 Å². The van der Waals surface area contributed by atoms with Crippen LogP contribution in [0.15, 0.2) is 42.6 Å². The highest BCUT2D eigenvalue weighted by Crippen LogP contribution is 2.16. The van der Waals surface area contributed by atoms with Crippen molar-refractivity contribution in [2.45, 2.75) is 6.54 Å². The Labute approximate surface area is 111 Å². The van der Waals surface area contributed by atoms with E-state index in [-0.39, 0.29) is 6.61 Å². The second kappa shape index (κ2) is 6.49. The van der Waals surface area contributed by atoms with Crippen LogP contribution in [-0.2, 0) is 16.1 Å². The third-order valence-electron chi connectivity index (χ3n) is 2.58. The highest BCUT2D eigenvalue weighted by Gasteiger charge is 2.01. The largest absolute Gasteiger partial charge is 0.482 e. The van der Waals surface area contributed by atoms with E-state index in [2.05, 4.69) is 15.0 Å². The molecule has 2 rings (SSSR count). The quantitative estimate of drug-likeness (QED) is 0.781. The number of hydrogen-bond acceptors (Lipinski definition) is 4. The highest BCUT2D eigenvalue weighted by molar-refractivity contribution is 5.70. The number of carbonyl (C=O) groups excluding carboxylic acids is 1. The van der Waals surface area contributed by atoms with E-state index in [0.717, 1.165) is 17.9 Å². The number of esters is 1. The summed E-state index contributed by atoms with van der Waals surface area (Å²) in [7, 11) is 1.33. The molecule has 0 amide bonds. The SMILES string of the molecule is COC(=O)COc1ccc(NCc2ccc[nH]2)cc1. The van der Waals surface area contributed by atoms with Gasteiger partial charge in [-0.05, 0) is 36.4 Å². The first kappa shape index (κ1) is 13.0. The van der Waals surface area contributed by atoms with Gasteiger partial charge in [0.1, 0.15) is 5.75 Å². The molecule has 5 nitrogen and oxygen atoms in total. The molecular formula is C14H16N2O3. The van der Waals surface area contributed by atoms with Crippen LogP contribution in [0.4, 0.5) is 5.69 Å². The number of aromatic amines is 1. The number of nitrogens with one attached hydrogen (secondary N) is 2. The Bertz CT molecular complexity index is 506. The van der Waals surface area contributed by atoms with E-state index in [1.54, 1.807) is 12.1 Å². The second-order valence-corrected chi connectivity index (χ2v) is 3.94. The first-order valence-electron chi connectivity index (χ1n) is 5.94. The predicted octanol–water partition coefficient (Wildman–Crippen LogP) is 2.18. The molecule has 0 fully saturated rings. The van der Waals surface area contributed by atoms with E-state index in [1.165, 1.54) is 7.11 Å². The fraction of sp³-hybridized carbons (Fsp3) is 0.214. The number of benzene rings is 1. The maximum atomic E-state index is 10.9. The summed E-state index contributed by atoms with van der Waals surface area (Å²) in [5.74, 6) is 0.241. The molecule has 5 heteroatoms. The van der Waals surface area contributed by atoms with Crippen LogP contribution in [0.2, 0.25) is 0 Å². The van der Waals surface area contributed by atoms with Gasteiger partial charge in [-0.25, -0.2) is 4.79 Å². The highest BCUT2D eigenvalue weighted by atomic mass is 16.6. The Balaban J connectivity index is 1.82. The number of methoxy groups -OCH3 is 1. The molecule has 0 spiro atoms. The monoisotopic (exact) mass is 260 g/mol. The molecule has 1 aromatic carbocycles. The summed E-state index contributed by atoms with van der Waals surface area (Å²) in [6.45, 7) is 0.654. The maximum Gasteiger partial charge on any atom is 0.343 e. The summed E-state index contributed by atoms with van der Waals surface area (Å²) in [6.07, 6.45) is 1.89. The number of ether oxygens (including phenoxy) is 2. The minimum atomic E-state index is -0.394. The van der Waals surface area contributed by atoms with Gasteiger partial charge in [0.05, 0.1) is 13.7 Å². The molecule has 0 aliphatic carbocycles. The fourth-order valence-corrected chi connectivity index (χ4v) is 1.54. The van der Waals surface area contributed by atoms with Gasteiger partial charge in [-0.3, -0.25) is 0 Å². The van der Waals surface area contributed by atoms with Crippen LogP contribution in [0.1, 0.15) is 5.69 Å². The van der Waals surface area contributed by atoms with Crippen molar-refractivity contribution in [3.05, 3.63) is 48.3 Å². The molecule has 0 aliphatic rings. The summed E-state index contributed by atoms with van der Waals surface area (Å²) in [6, 6.07) is 11.4. The molecule has 0 atom stereocenters. The summed E-state index contributed by atoms with van der Waals surface area (Å²) in [5.41, 5.74) is 2.10. The minimum absolute atomic E-state index is 0.0776. The lowest BCUT2D eigenvalue weighted by Crippen LogP contribution is -2.12. The van der Waals surface area contributed by atoms with Crippen LogP contribution >= 0.6 is 0 Å². The molecule has 0 saturated heterocycles. The topological polar surface area (TPSA) is 63.4 Å². The number of hydrogen-bond donors (Lipinski definition) is 2. The second-order valence-electron chi connectivity index (χ2n) is 3.94. The summed E-state index contributed by atoms with van der Waals surface area (Å²) in [5, 5.41) is 3.27. The smallest absolute Gasteiger partial charge is 0.343 e. The van der Waals surface area contributed by atoms with E-state index in [0.29, 0.717) is 5.75 Å². The minimum Gasteiger partial charge on any atom is -0.482 e. The molecule has 2 N–H and O–H groups in total. The predicted molar refractivity (Wildman–Crippen MR) is 72.1 cm³/mol. The van der Waals surface area contributed by atoms with Crippen LogP contribution in [-0.4, -0.2) is 24.7 Å². The molecule has 2 aromatic rings. The van der Waals surface area contributed by atoms with Gasteiger partial charge < -0.3 is 19.8 Å². The number of H-pyrrole nitrogens is 1. The van der Waals surface area contributed by atoms with E-state index in [9.17, 15) is 4.79 Å². The van der Waals surface area contributed by atoms with Crippen LogP contribution in [0, 0.1) is 0 Å². The van der Waals surface area contributed by atoms with E-state index in [4.69, 9.17) is 4.74 Å². The molecule has 19 heavy (non-hydrogen) atoms. The number of aromatic nitrogens is 1. The summed E-state index contributed by atoms with van der Waals surface area (Å²) < 4.78 is 9.75. The number of carbonyl (C=O) groups is 1. The van der Waals surface area contributed by atoms with Crippen molar-refractivity contribution in [1.29, 1.82) is 0 Å². The van der Waals surface area contributed by atoms with E-state index in [1.807, 2.05) is 30.5 Å². The van der Waals surface area contributed by atoms with Gasteiger partial charge in [-0.2, -0.15) is 0 Å². The van der Waals surface area contributed by atoms with Crippen molar-refractivity contribution in [3.63, 3.8) is 0 Å². The van der Waals surface area contributed by atoms with Gasteiger partial charge in [0.2, 0.25) is 0 Å². The summed E-state index contributed by atoms with van der Waals surface area (Å²) >= 11 is 0. The zero-order valence-corrected chi connectivity index (χ0v) is 10.7. The van der Waals surface area contributed by atoms with Gasteiger partial charge in [0, 0.05) is 17.6 Å². The molecular weight excluding hydrogens is 244 g/mol. The molecule has 0 aliphatic heterocycles. The lowest BCUT2D eigenvalue weighted by Gasteiger charge is -2.07. The molecule has 1 aromatic heterocycles. The Kier molecular flexibility index (Phi) is 4.44. The zero-order chi connectivity index (χ0) is 13.5. The van der Waals surface area contributed by atoms with Crippen molar-refractivity contribution in [2.24, 2.45) is 0 Å². The average molecular weight is 260 g/mol. The number of rotatable bonds is 6. The van der Waals surface area contributed by atoms with Crippen molar-refractivity contribution < 1.29 is 14.3 Å². The van der Waals surface area contributed by atoms with Gasteiger partial charge in [-0.15, -0.1) is 0 Å². The van der Waals surface area contributed by atoms with Crippen LogP contribution in [0.5, 0.6) is 5.75 Å². The molecule has 1 heterocycles. The lowest BCUT2D eigenvalue weighted by atomic mass is 10.3. The molecule has 0 radical (unpaired) electrons. The molecule has 0 bridgehead atoms. The molecule has 100 valence electrons.